The molecule has 4 aliphatic rings. The second kappa shape index (κ2) is 20.0. The Balaban J connectivity index is 0.000000235. The van der Waals surface area contributed by atoms with E-state index in [4.69, 9.17) is 14.2 Å². The lowest BCUT2D eigenvalue weighted by Crippen LogP contribution is -2.63. The molecule has 72 heavy (non-hydrogen) atoms. The number of amides is 2. The molecule has 2 aromatic heterocycles. The smallest absolute Gasteiger partial charge is 0.456 e. The Morgan fingerprint density at radius 2 is 1.25 bits per heavy atom. The fourth-order valence-electron chi connectivity index (χ4n) is 11.0. The second-order valence-corrected chi connectivity index (χ2v) is 21.0. The van der Waals surface area contributed by atoms with Crippen molar-refractivity contribution in [3.63, 3.8) is 0 Å². The van der Waals surface area contributed by atoms with Crippen LogP contribution in [0.2, 0.25) is 0 Å². The van der Waals surface area contributed by atoms with Crippen molar-refractivity contribution in [2.24, 2.45) is 0 Å². The molecule has 0 saturated carbocycles. The number of hydrogen-bond donors (Lipinski definition) is 1. The molecule has 0 aliphatic carbocycles. The standard InChI is InChI=1S/C27H34F3N3O3.C25H30F5N3O3.H2/c1-24(2,3)18-8-7-17(15-20(18)36-6)23(35)32-13-11-26(12-14-32)21-10-9-19(22(34)27(28,29)30)33(21)16-25(4,5)31-26;1-16(2)36-18-5-4-17(14-19(18)35-3)23(34)31-10-8-24(9-11-31)20-6-7-21(25(28,29)30)33(20)13-12-32(24)15-22(26)27;/h7-10,15,31H,11-14,16H2,1-6H3;4-7,14,16,22H,8-13,15H2,1-3H3;1H. The van der Waals surface area contributed by atoms with Gasteiger partial charge in [0, 0.05) is 75.3 Å². The van der Waals surface area contributed by atoms with Crippen LogP contribution in [0.1, 0.15) is 129 Å². The summed E-state index contributed by atoms with van der Waals surface area (Å²) in [5.41, 5.74) is -0.429. The number of fused-ring (bicyclic) bond motifs is 4. The SMILES string of the molecule is COc1cc(C(=O)N2CCC3(CC2)NC(C)(C)Cn2c(C(=O)C(F)(F)F)ccc23)ccc1C(C)(C)C.COc1cc(C(=O)N2CCC3(CC2)c2ccc(C(F)(F)F)n2CCN3CC(F)F)ccc1OC(C)C.[HH]. The van der Waals surface area contributed by atoms with E-state index in [2.05, 4.69) is 26.1 Å². The van der Waals surface area contributed by atoms with Crippen LogP contribution in [-0.2, 0) is 35.8 Å². The minimum Gasteiger partial charge on any atom is -0.496 e. The number of nitrogens with zero attached hydrogens (tertiary/aromatic N) is 5. The highest BCUT2D eigenvalue weighted by atomic mass is 19.4. The number of ether oxygens (including phenoxy) is 3. The van der Waals surface area contributed by atoms with Gasteiger partial charge in [0.15, 0.2) is 11.5 Å². The Hall–Kier alpha value is -5.63. The van der Waals surface area contributed by atoms with E-state index >= 15 is 0 Å². The Kier molecular flexibility index (Phi) is 15.0. The van der Waals surface area contributed by atoms with Crippen molar-refractivity contribution in [2.45, 2.75) is 134 Å². The zero-order valence-electron chi connectivity index (χ0n) is 42.1. The lowest BCUT2D eigenvalue weighted by molar-refractivity contribution is -0.145. The van der Waals surface area contributed by atoms with Crippen LogP contribution < -0.4 is 19.5 Å². The molecule has 2 fully saturated rings. The van der Waals surface area contributed by atoms with Crippen molar-refractivity contribution < 1.29 is 65.1 Å². The summed E-state index contributed by atoms with van der Waals surface area (Å²) in [5, 5.41) is 3.63. The number of alkyl halides is 8. The van der Waals surface area contributed by atoms with Crippen LogP contribution in [-0.4, -0.2) is 119 Å². The van der Waals surface area contributed by atoms with E-state index in [1.807, 2.05) is 39.8 Å². The molecule has 6 heterocycles. The number of nitrogens with one attached hydrogen (secondary N) is 1. The largest absolute Gasteiger partial charge is 0.496 e. The third-order valence-electron chi connectivity index (χ3n) is 14.2. The highest BCUT2D eigenvalue weighted by Crippen LogP contribution is 2.46. The molecular weight excluding hydrogens is 957 g/mol. The topological polar surface area (TPSA) is 111 Å². The molecule has 0 unspecified atom stereocenters. The van der Waals surface area contributed by atoms with Crippen molar-refractivity contribution in [1.82, 2.24) is 29.2 Å². The first-order valence-electron chi connectivity index (χ1n) is 24.1. The van der Waals surface area contributed by atoms with Crippen LogP contribution in [0.15, 0.2) is 60.7 Å². The number of carbonyl (C=O) groups excluding carboxylic acids is 3. The van der Waals surface area contributed by atoms with Gasteiger partial charge in [0.05, 0.1) is 43.6 Å². The number of rotatable bonds is 9. The lowest BCUT2D eigenvalue weighted by Gasteiger charge is -2.52. The van der Waals surface area contributed by atoms with Crippen LogP contribution in [0, 0.1) is 0 Å². The summed E-state index contributed by atoms with van der Waals surface area (Å²) in [6.45, 7) is 14.9. The van der Waals surface area contributed by atoms with E-state index in [-0.39, 0.29) is 76.0 Å². The van der Waals surface area contributed by atoms with Gasteiger partial charge in [0.1, 0.15) is 11.4 Å². The number of methoxy groups -OCH3 is 2. The summed E-state index contributed by atoms with van der Waals surface area (Å²) in [6, 6.07) is 15.7. The second-order valence-electron chi connectivity index (χ2n) is 21.0. The number of aromatic nitrogens is 2. The molecule has 1 N–H and O–H groups in total. The van der Waals surface area contributed by atoms with Gasteiger partial charge in [0.25, 0.3) is 24.0 Å². The van der Waals surface area contributed by atoms with Crippen molar-refractivity contribution in [3.05, 3.63) is 100 Å². The number of Topliss-reactive ketones (excluding diaryl/α,β-unsaturated/α-hetero) is 1. The van der Waals surface area contributed by atoms with Gasteiger partial charge in [0.2, 0.25) is 0 Å². The van der Waals surface area contributed by atoms with E-state index in [0.29, 0.717) is 65.7 Å². The summed E-state index contributed by atoms with van der Waals surface area (Å²) in [4.78, 5) is 43.7. The molecule has 0 atom stereocenters. The van der Waals surface area contributed by atoms with Gasteiger partial charge in [-0.3, -0.25) is 24.6 Å². The quantitative estimate of drug-likeness (QED) is 0.130. The number of ketones is 1. The Morgan fingerprint density at radius 1 is 0.694 bits per heavy atom. The van der Waals surface area contributed by atoms with Gasteiger partial charge >= 0.3 is 12.4 Å². The molecule has 396 valence electrons. The van der Waals surface area contributed by atoms with Crippen molar-refractivity contribution in [3.8, 4) is 17.2 Å². The maximum atomic E-state index is 13.6. The molecule has 0 radical (unpaired) electrons. The third-order valence-corrected chi connectivity index (χ3v) is 14.2. The van der Waals surface area contributed by atoms with E-state index in [0.717, 1.165) is 11.6 Å². The molecule has 8 rings (SSSR count). The monoisotopic (exact) mass is 1020 g/mol. The molecule has 2 amide bonds. The zero-order valence-corrected chi connectivity index (χ0v) is 42.1. The zero-order chi connectivity index (χ0) is 52.9. The summed E-state index contributed by atoms with van der Waals surface area (Å²) in [6.07, 6.45) is -10.6. The Bertz CT molecular complexity index is 2640. The lowest BCUT2D eigenvalue weighted by atomic mass is 9.79. The molecule has 0 bridgehead atoms. The average molecular weight is 1020 g/mol. The van der Waals surface area contributed by atoms with Gasteiger partial charge in [-0.1, -0.05) is 26.8 Å². The predicted octanol–water partition coefficient (Wildman–Crippen LogP) is 10.3. The first-order valence-corrected chi connectivity index (χ1v) is 24.1. The van der Waals surface area contributed by atoms with Crippen LogP contribution >= 0.6 is 0 Å². The van der Waals surface area contributed by atoms with E-state index in [9.17, 15) is 49.5 Å². The minimum absolute atomic E-state index is 0. The predicted molar refractivity (Wildman–Crippen MR) is 255 cm³/mol. The molecule has 2 spiro atoms. The molecule has 4 aromatic rings. The first-order chi connectivity index (χ1) is 33.5. The fourth-order valence-corrected chi connectivity index (χ4v) is 11.0. The van der Waals surface area contributed by atoms with E-state index in [1.165, 1.54) is 28.4 Å². The van der Waals surface area contributed by atoms with Gasteiger partial charge in [-0.05, 0) is 119 Å². The highest BCUT2D eigenvalue weighted by Gasteiger charge is 2.51. The molecule has 2 aromatic carbocycles. The number of halogens is 8. The van der Waals surface area contributed by atoms with Gasteiger partial charge < -0.3 is 33.1 Å². The first kappa shape index (κ1) is 54.2. The van der Waals surface area contributed by atoms with Gasteiger partial charge in [-0.25, -0.2) is 8.78 Å². The number of carbonyl (C=O) groups is 3. The maximum absolute atomic E-state index is 13.6. The van der Waals surface area contributed by atoms with E-state index in [1.54, 1.807) is 52.1 Å². The summed E-state index contributed by atoms with van der Waals surface area (Å²) < 4.78 is 127. The van der Waals surface area contributed by atoms with Crippen LogP contribution in [0.4, 0.5) is 35.1 Å². The fraction of sp³-hybridized carbons (Fsp3) is 0.558. The molecule has 20 heteroatoms. The van der Waals surface area contributed by atoms with Crippen molar-refractivity contribution >= 4 is 17.6 Å². The number of benzene rings is 2. The number of likely N-dealkylation sites (tertiary alicyclic amines) is 2. The summed E-state index contributed by atoms with van der Waals surface area (Å²) in [7, 11) is 3.07. The van der Waals surface area contributed by atoms with Crippen molar-refractivity contribution in [2.75, 3.05) is 53.5 Å². The Labute approximate surface area is 416 Å². The average Bonchev–Trinajstić information content (AvgIpc) is 3.95. The van der Waals surface area contributed by atoms with Crippen molar-refractivity contribution in [1.29, 1.82) is 0 Å². The minimum atomic E-state index is -4.93. The molecule has 2 saturated heterocycles. The van der Waals surface area contributed by atoms with Gasteiger partial charge in [-0.15, -0.1) is 0 Å². The number of hydrogen-bond acceptors (Lipinski definition) is 8. The van der Waals surface area contributed by atoms with E-state index < -0.39 is 53.4 Å². The maximum Gasteiger partial charge on any atom is 0.456 e. The normalized spacial score (nSPS) is 18.7. The third kappa shape index (κ3) is 10.8. The van der Waals surface area contributed by atoms with Crippen LogP contribution in [0.5, 0.6) is 17.2 Å². The molecule has 12 nitrogen and oxygen atoms in total. The molecule has 4 aliphatic heterocycles. The van der Waals surface area contributed by atoms with Crippen LogP contribution in [0.25, 0.3) is 0 Å². The Morgan fingerprint density at radius 3 is 1.78 bits per heavy atom. The van der Waals surface area contributed by atoms with Gasteiger partial charge in [-0.2, -0.15) is 26.3 Å². The molecular formula is C52H66F8N6O6. The number of piperidine rings is 2. The summed E-state index contributed by atoms with van der Waals surface area (Å²) >= 11 is 0. The summed E-state index contributed by atoms with van der Waals surface area (Å²) in [5.74, 6) is -0.619. The highest BCUT2D eigenvalue weighted by molar-refractivity contribution is 5.99. The van der Waals surface area contributed by atoms with Crippen LogP contribution in [0.3, 0.4) is 0 Å².